The Bertz CT molecular complexity index is 2380. The Morgan fingerprint density at radius 1 is 0.961 bits per heavy atom. The summed E-state index contributed by atoms with van der Waals surface area (Å²) in [5.41, 5.74) is 4.65. The fourth-order valence-electron chi connectivity index (χ4n) is 8.12. The molecular formula is C37H36Cl2N8O4. The molecule has 2 saturated heterocycles. The van der Waals surface area contributed by atoms with Gasteiger partial charge in [-0.1, -0.05) is 53.5 Å². The molecule has 2 N–H and O–H groups in total. The van der Waals surface area contributed by atoms with Crippen LogP contribution in [-0.2, 0) is 25.3 Å². The fourth-order valence-corrected chi connectivity index (χ4v) is 8.72. The van der Waals surface area contributed by atoms with Gasteiger partial charge in [-0.05, 0) is 49.8 Å². The first kappa shape index (κ1) is 33.4. The van der Waals surface area contributed by atoms with Crippen molar-refractivity contribution in [3.8, 4) is 28.3 Å². The highest BCUT2D eigenvalue weighted by atomic mass is 35.5. The number of piperidine rings is 1. The minimum Gasteiger partial charge on any atom is -0.481 e. The number of hydrogen-bond acceptors (Lipinski definition) is 9. The molecule has 5 heterocycles. The number of halogens is 2. The topological polar surface area (TPSA) is 136 Å². The third-order valence-electron chi connectivity index (χ3n) is 10.7. The number of methoxy groups -OCH3 is 1. The molecule has 262 valence electrons. The highest BCUT2D eigenvalue weighted by Crippen LogP contribution is 2.47. The molecule has 1 aliphatic carbocycles. The minimum atomic E-state index is -0.523. The zero-order chi connectivity index (χ0) is 35.6. The van der Waals surface area contributed by atoms with Crippen LogP contribution in [-0.4, -0.2) is 60.6 Å². The molecule has 1 spiro atoms. The van der Waals surface area contributed by atoms with E-state index in [0.29, 0.717) is 44.9 Å². The zero-order valence-electron chi connectivity index (χ0n) is 28.4. The van der Waals surface area contributed by atoms with Crippen molar-refractivity contribution in [1.82, 2.24) is 34.3 Å². The normalized spacial score (nSPS) is 20.2. The molecule has 3 aliphatic rings. The average molecular weight is 728 g/mol. The van der Waals surface area contributed by atoms with Gasteiger partial charge in [-0.3, -0.25) is 23.6 Å². The summed E-state index contributed by atoms with van der Waals surface area (Å²) < 4.78 is 8.25. The number of carbonyl (C=O) groups is 1. The molecule has 2 unspecified atom stereocenters. The molecule has 2 aromatic carbocycles. The van der Waals surface area contributed by atoms with Crippen molar-refractivity contribution in [2.24, 2.45) is 14.1 Å². The Morgan fingerprint density at radius 3 is 2.51 bits per heavy atom. The molecule has 2 fully saturated rings. The maximum Gasteiger partial charge on any atom is 0.332 e. The Morgan fingerprint density at radius 2 is 1.73 bits per heavy atom. The predicted molar refractivity (Wildman–Crippen MR) is 197 cm³/mol. The van der Waals surface area contributed by atoms with Crippen LogP contribution in [0.4, 0.5) is 11.5 Å². The number of ether oxygens (including phenoxy) is 1. The third-order valence-corrected chi connectivity index (χ3v) is 11.5. The summed E-state index contributed by atoms with van der Waals surface area (Å²) in [4.78, 5) is 53.9. The van der Waals surface area contributed by atoms with E-state index < -0.39 is 11.2 Å². The number of nitrogens with one attached hydrogen (secondary N) is 2. The summed E-state index contributed by atoms with van der Waals surface area (Å²) in [5, 5.41) is 7.49. The van der Waals surface area contributed by atoms with E-state index in [-0.39, 0.29) is 34.3 Å². The van der Waals surface area contributed by atoms with E-state index in [2.05, 4.69) is 31.6 Å². The number of pyridine rings is 1. The molecular weight excluding hydrogens is 691 g/mol. The van der Waals surface area contributed by atoms with E-state index in [1.807, 2.05) is 30.3 Å². The highest BCUT2D eigenvalue weighted by molar-refractivity contribution is 6.39. The van der Waals surface area contributed by atoms with Gasteiger partial charge < -0.3 is 15.4 Å². The summed E-state index contributed by atoms with van der Waals surface area (Å²) >= 11 is 14.2. The van der Waals surface area contributed by atoms with Crippen LogP contribution in [0.15, 0.2) is 58.4 Å². The van der Waals surface area contributed by atoms with Crippen molar-refractivity contribution in [3.05, 3.63) is 90.8 Å². The summed E-state index contributed by atoms with van der Waals surface area (Å²) in [7, 11) is 4.62. The number of carbonyl (C=O) groups excluding carboxylic acids is 1. The molecule has 12 nitrogen and oxygen atoms in total. The van der Waals surface area contributed by atoms with E-state index in [1.165, 1.54) is 23.5 Å². The Labute approximate surface area is 303 Å². The molecule has 0 radical (unpaired) electrons. The van der Waals surface area contributed by atoms with Crippen LogP contribution in [0.3, 0.4) is 0 Å². The molecule has 8 rings (SSSR count). The molecule has 0 bridgehead atoms. The summed E-state index contributed by atoms with van der Waals surface area (Å²) in [6.45, 7) is 1.75. The molecule has 3 aromatic heterocycles. The van der Waals surface area contributed by atoms with Gasteiger partial charge in [0.1, 0.15) is 17.5 Å². The third kappa shape index (κ3) is 5.56. The van der Waals surface area contributed by atoms with E-state index >= 15 is 0 Å². The quantitative estimate of drug-likeness (QED) is 0.231. The lowest BCUT2D eigenvalue weighted by atomic mass is 9.88. The lowest BCUT2D eigenvalue weighted by Crippen LogP contribution is -2.53. The first-order valence-electron chi connectivity index (χ1n) is 17.0. The van der Waals surface area contributed by atoms with Gasteiger partial charge in [0.2, 0.25) is 11.8 Å². The van der Waals surface area contributed by atoms with Crippen molar-refractivity contribution < 1.29 is 9.53 Å². The smallest absolute Gasteiger partial charge is 0.332 e. The molecule has 5 aromatic rings. The van der Waals surface area contributed by atoms with Gasteiger partial charge in [-0.25, -0.2) is 19.7 Å². The van der Waals surface area contributed by atoms with E-state index in [4.69, 9.17) is 32.9 Å². The van der Waals surface area contributed by atoms with Gasteiger partial charge in [0.25, 0.3) is 5.56 Å². The van der Waals surface area contributed by atoms with Gasteiger partial charge in [0.15, 0.2) is 5.65 Å². The standard InChI is InChI=1S/C37H36Cl2N8O4/c1-45-33-29(35(49)46(2)36(45)50)32(40-19-41-33)42-24-10-5-8-22(31(24)39)21-7-4-9-23(30(21)38)25-17-20-12-13-26(28(20)34(43-25)51-3)47-16-15-37(18-47)14-6-11-27(48)44-37/h4-5,7-10,17,19,26H,6,11-16,18H2,1-3H3,(H,44,48)(H,40,41,42). The number of likely N-dealkylation sites (tertiary alicyclic amines) is 1. The monoisotopic (exact) mass is 726 g/mol. The maximum absolute atomic E-state index is 13.1. The van der Waals surface area contributed by atoms with Gasteiger partial charge in [0, 0.05) is 61.9 Å². The molecule has 2 aliphatic heterocycles. The first-order chi connectivity index (χ1) is 24.6. The molecule has 0 saturated carbocycles. The van der Waals surface area contributed by atoms with Crippen molar-refractivity contribution in [2.45, 2.75) is 50.1 Å². The maximum atomic E-state index is 13.1. The van der Waals surface area contributed by atoms with Gasteiger partial charge in [-0.15, -0.1) is 0 Å². The van der Waals surface area contributed by atoms with Crippen LogP contribution >= 0.6 is 23.2 Å². The number of fused-ring (bicyclic) bond motifs is 2. The van der Waals surface area contributed by atoms with Crippen molar-refractivity contribution in [1.29, 1.82) is 0 Å². The summed E-state index contributed by atoms with van der Waals surface area (Å²) in [6, 6.07) is 13.5. The second-order valence-electron chi connectivity index (χ2n) is 13.6. The Balaban J connectivity index is 1.12. The van der Waals surface area contributed by atoms with Crippen LogP contribution in [0.1, 0.15) is 49.3 Å². The number of amides is 1. The van der Waals surface area contributed by atoms with Crippen LogP contribution in [0.25, 0.3) is 33.4 Å². The largest absolute Gasteiger partial charge is 0.481 e. The number of hydrogen-bond donors (Lipinski definition) is 2. The number of anilines is 2. The number of nitrogens with zero attached hydrogens (tertiary/aromatic N) is 6. The zero-order valence-corrected chi connectivity index (χ0v) is 29.9. The van der Waals surface area contributed by atoms with E-state index in [0.717, 1.165) is 60.9 Å². The van der Waals surface area contributed by atoms with Crippen molar-refractivity contribution in [2.75, 3.05) is 25.5 Å². The van der Waals surface area contributed by atoms with Gasteiger partial charge in [-0.2, -0.15) is 0 Å². The SMILES string of the molecule is COc1nc(-c2cccc(-c3cccc(Nc4ncnc5c4c(=O)n(C)c(=O)n5C)c3Cl)c2Cl)cc2c1C(N1CCC3(CCCC(=O)N3)C1)CC2. The average Bonchev–Trinajstić information content (AvgIpc) is 3.74. The number of aromatic nitrogens is 5. The Hall–Kier alpha value is -4.78. The Kier molecular flexibility index (Phi) is 8.35. The lowest BCUT2D eigenvalue weighted by molar-refractivity contribution is -0.125. The number of rotatable bonds is 6. The second-order valence-corrected chi connectivity index (χ2v) is 14.4. The molecule has 1 amide bonds. The van der Waals surface area contributed by atoms with Gasteiger partial charge >= 0.3 is 5.69 Å². The molecule has 2 atom stereocenters. The van der Waals surface area contributed by atoms with Crippen LogP contribution in [0.5, 0.6) is 5.88 Å². The van der Waals surface area contributed by atoms with Crippen LogP contribution in [0.2, 0.25) is 10.0 Å². The fraction of sp³-hybridized carbons (Fsp3) is 0.351. The van der Waals surface area contributed by atoms with Crippen LogP contribution in [0, 0.1) is 0 Å². The number of aryl methyl sites for hydroxylation is 2. The van der Waals surface area contributed by atoms with Crippen LogP contribution < -0.4 is 26.6 Å². The molecule has 14 heteroatoms. The van der Waals surface area contributed by atoms with Crippen molar-refractivity contribution >= 4 is 51.6 Å². The predicted octanol–water partition coefficient (Wildman–Crippen LogP) is 5.55. The summed E-state index contributed by atoms with van der Waals surface area (Å²) in [5.74, 6) is 0.961. The van der Waals surface area contributed by atoms with Gasteiger partial charge in [0.05, 0.1) is 34.1 Å². The van der Waals surface area contributed by atoms with Crippen molar-refractivity contribution in [3.63, 3.8) is 0 Å². The molecule has 51 heavy (non-hydrogen) atoms. The minimum absolute atomic E-state index is 0.139. The number of benzene rings is 2. The summed E-state index contributed by atoms with van der Waals surface area (Å²) in [6.07, 6.45) is 6.64. The second kappa shape index (κ2) is 12.8. The van der Waals surface area contributed by atoms with E-state index in [1.54, 1.807) is 20.2 Å². The lowest BCUT2D eigenvalue weighted by Gasteiger charge is -2.35. The van der Waals surface area contributed by atoms with E-state index in [9.17, 15) is 14.4 Å². The first-order valence-corrected chi connectivity index (χ1v) is 17.7. The highest BCUT2D eigenvalue weighted by Gasteiger charge is 2.45.